The lowest BCUT2D eigenvalue weighted by atomic mass is 9.96. The molecule has 2 aromatic rings. The number of hydrogen-bond acceptors (Lipinski definition) is 3. The van der Waals surface area contributed by atoms with Crippen LogP contribution >= 0.6 is 0 Å². The molecule has 0 bridgehead atoms. The minimum atomic E-state index is -0.174. The van der Waals surface area contributed by atoms with Crippen molar-refractivity contribution in [2.75, 3.05) is 25.0 Å². The van der Waals surface area contributed by atoms with E-state index in [9.17, 15) is 9.59 Å². The van der Waals surface area contributed by atoms with E-state index in [0.717, 1.165) is 42.7 Å². The fraction of sp³-hybridized carbons (Fsp3) is 0.391. The minimum Gasteiger partial charge on any atom is -0.466 e. The summed E-state index contributed by atoms with van der Waals surface area (Å²) in [4.78, 5) is 26.0. The van der Waals surface area contributed by atoms with Gasteiger partial charge < -0.3 is 15.0 Å². The molecule has 1 amide bonds. The van der Waals surface area contributed by atoms with Crippen LogP contribution in [0, 0.1) is 5.92 Å². The van der Waals surface area contributed by atoms with Crippen molar-refractivity contribution in [1.29, 1.82) is 0 Å². The van der Waals surface area contributed by atoms with Crippen LogP contribution in [0.5, 0.6) is 0 Å². The molecule has 5 heteroatoms. The van der Waals surface area contributed by atoms with E-state index in [-0.39, 0.29) is 23.8 Å². The Morgan fingerprint density at radius 3 is 2.39 bits per heavy atom. The molecule has 148 valence electrons. The SMILES string of the molecule is CCOC(=O)C1CC[NH+]([C@@H](C)C(=O)Nc2ccccc2-c2ccccc2)CC1. The maximum Gasteiger partial charge on any atom is 0.309 e. The fourth-order valence-corrected chi connectivity index (χ4v) is 3.81. The van der Waals surface area contributed by atoms with Crippen LogP contribution in [0.25, 0.3) is 11.1 Å². The monoisotopic (exact) mass is 381 g/mol. The lowest BCUT2D eigenvalue weighted by molar-refractivity contribution is -0.919. The number of benzene rings is 2. The Hall–Kier alpha value is -2.66. The summed E-state index contributed by atoms with van der Waals surface area (Å²) in [5, 5.41) is 3.11. The summed E-state index contributed by atoms with van der Waals surface area (Å²) in [7, 11) is 0. The quantitative estimate of drug-likeness (QED) is 0.756. The van der Waals surface area contributed by atoms with Crippen LogP contribution in [0.2, 0.25) is 0 Å². The van der Waals surface area contributed by atoms with Crippen molar-refractivity contribution < 1.29 is 19.2 Å². The molecule has 0 saturated carbocycles. The minimum absolute atomic E-state index is 0.00738. The summed E-state index contributed by atoms with van der Waals surface area (Å²) < 4.78 is 5.13. The van der Waals surface area contributed by atoms with Gasteiger partial charge in [0.15, 0.2) is 6.04 Å². The molecular weight excluding hydrogens is 352 g/mol. The van der Waals surface area contributed by atoms with E-state index in [2.05, 4.69) is 5.32 Å². The lowest BCUT2D eigenvalue weighted by Gasteiger charge is -2.31. The number of esters is 1. The Bertz CT molecular complexity index is 799. The van der Waals surface area contributed by atoms with Gasteiger partial charge in [0.2, 0.25) is 0 Å². The number of piperidine rings is 1. The van der Waals surface area contributed by atoms with Gasteiger partial charge in [-0.1, -0.05) is 48.5 Å². The Kier molecular flexibility index (Phi) is 6.82. The smallest absolute Gasteiger partial charge is 0.309 e. The summed E-state index contributed by atoms with van der Waals surface area (Å²) in [6, 6.07) is 17.8. The van der Waals surface area contributed by atoms with Crippen LogP contribution in [-0.2, 0) is 14.3 Å². The molecule has 1 aliphatic rings. The molecule has 0 aliphatic carbocycles. The maximum absolute atomic E-state index is 12.9. The molecule has 3 rings (SSSR count). The van der Waals surface area contributed by atoms with Gasteiger partial charge in [0.1, 0.15) is 0 Å². The van der Waals surface area contributed by atoms with Crippen molar-refractivity contribution >= 4 is 17.6 Å². The van der Waals surface area contributed by atoms with Crippen molar-refractivity contribution in [2.45, 2.75) is 32.7 Å². The molecule has 1 aliphatic heterocycles. The van der Waals surface area contributed by atoms with Crippen LogP contribution in [0.1, 0.15) is 26.7 Å². The Morgan fingerprint density at radius 2 is 1.71 bits per heavy atom. The third-order valence-corrected chi connectivity index (χ3v) is 5.52. The van der Waals surface area contributed by atoms with E-state index in [0.29, 0.717) is 6.61 Å². The molecule has 1 heterocycles. The van der Waals surface area contributed by atoms with Crippen molar-refractivity contribution in [3.63, 3.8) is 0 Å². The molecule has 0 unspecified atom stereocenters. The van der Waals surface area contributed by atoms with Crippen LogP contribution in [-0.4, -0.2) is 37.6 Å². The van der Waals surface area contributed by atoms with E-state index in [1.165, 1.54) is 4.90 Å². The summed E-state index contributed by atoms with van der Waals surface area (Å²) in [5.41, 5.74) is 2.92. The summed E-state index contributed by atoms with van der Waals surface area (Å²) >= 11 is 0. The molecule has 0 radical (unpaired) electrons. The van der Waals surface area contributed by atoms with Gasteiger partial charge in [0, 0.05) is 24.1 Å². The maximum atomic E-state index is 12.9. The predicted molar refractivity (Wildman–Crippen MR) is 110 cm³/mol. The van der Waals surface area contributed by atoms with Gasteiger partial charge in [-0.25, -0.2) is 0 Å². The number of para-hydroxylation sites is 1. The Balaban J connectivity index is 1.62. The molecular formula is C23H29N2O3+. The van der Waals surface area contributed by atoms with Crippen LogP contribution in [0.15, 0.2) is 54.6 Å². The highest BCUT2D eigenvalue weighted by Gasteiger charge is 2.33. The first-order chi connectivity index (χ1) is 13.6. The van der Waals surface area contributed by atoms with Crippen LogP contribution in [0.4, 0.5) is 5.69 Å². The van der Waals surface area contributed by atoms with Gasteiger partial charge in [-0.2, -0.15) is 0 Å². The number of ether oxygens (including phenoxy) is 1. The van der Waals surface area contributed by atoms with E-state index >= 15 is 0 Å². The third kappa shape index (κ3) is 4.78. The van der Waals surface area contributed by atoms with Crippen molar-refractivity contribution in [3.8, 4) is 11.1 Å². The highest BCUT2D eigenvalue weighted by molar-refractivity contribution is 5.97. The van der Waals surface area contributed by atoms with Gasteiger partial charge in [-0.15, -0.1) is 0 Å². The zero-order chi connectivity index (χ0) is 19.9. The summed E-state index contributed by atoms with van der Waals surface area (Å²) in [6.45, 7) is 5.82. The highest BCUT2D eigenvalue weighted by atomic mass is 16.5. The molecule has 28 heavy (non-hydrogen) atoms. The fourth-order valence-electron chi connectivity index (χ4n) is 3.81. The molecule has 2 aromatic carbocycles. The number of carbonyl (C=O) groups is 2. The van der Waals surface area contributed by atoms with Gasteiger partial charge in [-0.3, -0.25) is 9.59 Å². The lowest BCUT2D eigenvalue weighted by Crippen LogP contribution is -3.17. The average Bonchev–Trinajstić information content (AvgIpc) is 2.74. The topological polar surface area (TPSA) is 59.8 Å². The molecule has 1 atom stereocenters. The molecule has 1 saturated heterocycles. The van der Waals surface area contributed by atoms with Crippen LogP contribution < -0.4 is 10.2 Å². The van der Waals surface area contributed by atoms with Crippen LogP contribution in [0.3, 0.4) is 0 Å². The first-order valence-corrected chi connectivity index (χ1v) is 10.1. The second kappa shape index (κ2) is 9.51. The van der Waals surface area contributed by atoms with E-state index < -0.39 is 0 Å². The average molecular weight is 381 g/mol. The first kappa shape index (κ1) is 20.1. The number of carbonyl (C=O) groups excluding carboxylic acids is 2. The largest absolute Gasteiger partial charge is 0.466 e. The predicted octanol–water partition coefficient (Wildman–Crippen LogP) is 2.54. The zero-order valence-corrected chi connectivity index (χ0v) is 16.6. The number of rotatable bonds is 6. The number of likely N-dealkylation sites (tertiary alicyclic amines) is 1. The normalized spacial score (nSPS) is 20.2. The molecule has 1 fully saturated rings. The van der Waals surface area contributed by atoms with Crippen molar-refractivity contribution in [3.05, 3.63) is 54.6 Å². The highest BCUT2D eigenvalue weighted by Crippen LogP contribution is 2.27. The third-order valence-electron chi connectivity index (χ3n) is 5.52. The summed E-state index contributed by atoms with van der Waals surface area (Å²) in [6.07, 6.45) is 1.54. The number of quaternary nitrogens is 1. The van der Waals surface area contributed by atoms with Gasteiger partial charge in [-0.05, 0) is 25.5 Å². The molecule has 5 nitrogen and oxygen atoms in total. The van der Waals surface area contributed by atoms with Crippen molar-refractivity contribution in [1.82, 2.24) is 0 Å². The number of nitrogens with one attached hydrogen (secondary N) is 2. The van der Waals surface area contributed by atoms with Gasteiger partial charge in [0.05, 0.1) is 25.6 Å². The van der Waals surface area contributed by atoms with Gasteiger partial charge >= 0.3 is 5.97 Å². The number of amides is 1. The van der Waals surface area contributed by atoms with E-state index in [4.69, 9.17) is 4.74 Å². The molecule has 2 N–H and O–H groups in total. The standard InChI is InChI=1S/C23H28N2O3/c1-3-28-23(27)19-13-15-25(16-14-19)17(2)22(26)24-21-12-8-7-11-20(21)18-9-5-4-6-10-18/h4-12,17,19H,3,13-16H2,1-2H3,(H,24,26)/p+1/t17-/m0/s1. The number of anilines is 1. The first-order valence-electron chi connectivity index (χ1n) is 10.1. The van der Waals surface area contributed by atoms with Gasteiger partial charge in [0.25, 0.3) is 5.91 Å². The van der Waals surface area contributed by atoms with E-state index in [1.807, 2.05) is 68.4 Å². The number of hydrogen-bond donors (Lipinski definition) is 2. The Labute approximate surface area is 166 Å². The Morgan fingerprint density at radius 1 is 1.07 bits per heavy atom. The molecule has 0 aromatic heterocycles. The second-order valence-corrected chi connectivity index (χ2v) is 7.31. The molecule has 0 spiro atoms. The van der Waals surface area contributed by atoms with Crippen molar-refractivity contribution in [2.24, 2.45) is 5.92 Å². The zero-order valence-electron chi connectivity index (χ0n) is 16.6. The second-order valence-electron chi connectivity index (χ2n) is 7.31. The summed E-state index contributed by atoms with van der Waals surface area (Å²) in [5.74, 6) is -0.124. The van der Waals surface area contributed by atoms with E-state index in [1.54, 1.807) is 0 Å².